The fourth-order valence-electron chi connectivity index (χ4n) is 3.16. The lowest BCUT2D eigenvalue weighted by Gasteiger charge is -2.27. The van der Waals surface area contributed by atoms with Crippen molar-refractivity contribution in [2.45, 2.75) is 70.1 Å². The fourth-order valence-corrected chi connectivity index (χ4v) is 3.16. The summed E-state index contributed by atoms with van der Waals surface area (Å²) in [4.78, 5) is 56.5. The van der Waals surface area contributed by atoms with Crippen molar-refractivity contribution < 1.29 is 29.4 Å². The lowest BCUT2D eigenvalue weighted by atomic mass is 9.97. The first-order chi connectivity index (χ1) is 16.1. The second-order valence-electron chi connectivity index (χ2n) is 8.19. The van der Waals surface area contributed by atoms with Crippen LogP contribution in [0.1, 0.15) is 45.2 Å². The maximum Gasteiger partial charge on any atom is 0.326 e. The first-order valence-corrected chi connectivity index (χ1v) is 11.3. The molecule has 0 aliphatic heterocycles. The first kappa shape index (κ1) is 29.0. The third kappa shape index (κ3) is 9.45. The van der Waals surface area contributed by atoms with Gasteiger partial charge in [-0.3, -0.25) is 14.4 Å². The van der Waals surface area contributed by atoms with Crippen LogP contribution in [0, 0.1) is 5.92 Å². The van der Waals surface area contributed by atoms with Gasteiger partial charge >= 0.3 is 5.97 Å². The van der Waals surface area contributed by atoms with Crippen LogP contribution in [0.15, 0.2) is 12.5 Å². The first-order valence-electron chi connectivity index (χ1n) is 11.3. The van der Waals surface area contributed by atoms with Crippen molar-refractivity contribution in [3.63, 3.8) is 0 Å². The van der Waals surface area contributed by atoms with Gasteiger partial charge < -0.3 is 42.6 Å². The number of nitrogens with zero attached hydrogens (tertiary/aromatic N) is 1. The number of imidazole rings is 1. The highest BCUT2D eigenvalue weighted by Crippen LogP contribution is 2.10. The van der Waals surface area contributed by atoms with Crippen LogP contribution in [0.5, 0.6) is 0 Å². The number of carbonyl (C=O) groups excluding carboxylic acids is 3. The number of nitrogens with one attached hydrogen (secondary N) is 4. The molecule has 0 fully saturated rings. The van der Waals surface area contributed by atoms with Gasteiger partial charge in [-0.15, -0.1) is 0 Å². The Balaban J connectivity index is 2.99. The fraction of sp³-hybridized carbons (Fsp3) is 0.667. The van der Waals surface area contributed by atoms with Crippen LogP contribution < -0.4 is 27.4 Å². The van der Waals surface area contributed by atoms with E-state index in [1.54, 1.807) is 6.92 Å². The SMILES string of the molecule is CCC(C)C(NC(=O)C(N)CO)C(=O)NC(CCCCN)C(=O)NC(Cc1cnc[nH]1)C(=O)O. The molecule has 13 nitrogen and oxygen atoms in total. The van der Waals surface area contributed by atoms with E-state index in [9.17, 15) is 24.3 Å². The summed E-state index contributed by atoms with van der Waals surface area (Å²) < 4.78 is 0. The lowest BCUT2D eigenvalue weighted by Crippen LogP contribution is -2.59. The summed E-state index contributed by atoms with van der Waals surface area (Å²) >= 11 is 0. The van der Waals surface area contributed by atoms with E-state index in [1.807, 2.05) is 6.92 Å². The van der Waals surface area contributed by atoms with E-state index in [0.29, 0.717) is 31.5 Å². The van der Waals surface area contributed by atoms with Crippen LogP contribution in [0.4, 0.5) is 0 Å². The Morgan fingerprint density at radius 3 is 2.29 bits per heavy atom. The molecule has 0 radical (unpaired) electrons. The molecule has 0 saturated carbocycles. The molecule has 1 heterocycles. The maximum atomic E-state index is 13.1. The van der Waals surface area contributed by atoms with Crippen LogP contribution >= 0.6 is 0 Å². The number of carbonyl (C=O) groups is 4. The molecule has 34 heavy (non-hydrogen) atoms. The number of aromatic amines is 1. The zero-order valence-corrected chi connectivity index (χ0v) is 19.6. The van der Waals surface area contributed by atoms with Gasteiger partial charge in [0.2, 0.25) is 17.7 Å². The van der Waals surface area contributed by atoms with Crippen molar-refractivity contribution in [1.82, 2.24) is 25.9 Å². The quantitative estimate of drug-likeness (QED) is 0.121. The third-order valence-electron chi connectivity index (χ3n) is 5.50. The summed E-state index contributed by atoms with van der Waals surface area (Å²) in [5, 5.41) is 26.3. The molecule has 0 bridgehead atoms. The highest BCUT2D eigenvalue weighted by atomic mass is 16.4. The van der Waals surface area contributed by atoms with E-state index >= 15 is 0 Å². The Kier molecular flexibility index (Phi) is 12.8. The smallest absolute Gasteiger partial charge is 0.326 e. The number of aliphatic hydroxyl groups is 1. The number of unbranched alkanes of at least 4 members (excludes halogenated alkanes) is 1. The van der Waals surface area contributed by atoms with E-state index in [-0.39, 0.29) is 18.8 Å². The maximum absolute atomic E-state index is 13.1. The number of aliphatic carboxylic acids is 1. The predicted molar refractivity (Wildman–Crippen MR) is 123 cm³/mol. The molecule has 0 spiro atoms. The summed E-state index contributed by atoms with van der Waals surface area (Å²) in [6.45, 7) is 3.40. The molecule has 192 valence electrons. The van der Waals surface area contributed by atoms with E-state index < -0.39 is 54.5 Å². The number of rotatable bonds is 16. The monoisotopic (exact) mass is 483 g/mol. The minimum absolute atomic E-state index is 0.0187. The molecule has 1 aromatic heterocycles. The molecule has 1 aromatic rings. The third-order valence-corrected chi connectivity index (χ3v) is 5.50. The zero-order valence-electron chi connectivity index (χ0n) is 19.6. The number of nitrogens with two attached hydrogens (primary N) is 2. The van der Waals surface area contributed by atoms with Gasteiger partial charge in [0.05, 0.1) is 12.9 Å². The number of carboxylic acids is 1. The van der Waals surface area contributed by atoms with Gasteiger partial charge in [0.1, 0.15) is 24.2 Å². The van der Waals surface area contributed by atoms with Gasteiger partial charge in [0.25, 0.3) is 0 Å². The van der Waals surface area contributed by atoms with Crippen LogP contribution in [0.2, 0.25) is 0 Å². The molecular weight excluding hydrogens is 446 g/mol. The number of hydrogen-bond acceptors (Lipinski definition) is 8. The molecule has 0 aliphatic carbocycles. The van der Waals surface area contributed by atoms with Crippen molar-refractivity contribution in [1.29, 1.82) is 0 Å². The van der Waals surface area contributed by atoms with E-state index in [1.165, 1.54) is 12.5 Å². The number of carboxylic acid groups (broad SMARTS) is 1. The average molecular weight is 484 g/mol. The van der Waals surface area contributed by atoms with Crippen LogP contribution in [-0.2, 0) is 25.6 Å². The number of aromatic nitrogens is 2. The van der Waals surface area contributed by atoms with Gasteiger partial charge in [-0.25, -0.2) is 9.78 Å². The van der Waals surface area contributed by atoms with Gasteiger partial charge in [0, 0.05) is 18.3 Å². The van der Waals surface area contributed by atoms with Crippen molar-refractivity contribution in [2.24, 2.45) is 17.4 Å². The average Bonchev–Trinajstić information content (AvgIpc) is 3.33. The normalized spacial score (nSPS) is 15.4. The number of H-pyrrole nitrogens is 1. The van der Waals surface area contributed by atoms with Gasteiger partial charge in [0.15, 0.2) is 0 Å². The summed E-state index contributed by atoms with van der Waals surface area (Å²) in [6.07, 6.45) is 4.73. The number of aliphatic hydroxyl groups excluding tert-OH is 1. The Morgan fingerprint density at radius 1 is 1.09 bits per heavy atom. The molecule has 5 atom stereocenters. The Labute approximate surface area is 198 Å². The van der Waals surface area contributed by atoms with E-state index in [0.717, 1.165) is 0 Å². The van der Waals surface area contributed by atoms with Crippen LogP contribution in [0.3, 0.4) is 0 Å². The van der Waals surface area contributed by atoms with Crippen molar-refractivity contribution in [3.05, 3.63) is 18.2 Å². The number of amides is 3. The summed E-state index contributed by atoms with van der Waals surface area (Å²) in [5.41, 5.74) is 11.6. The Hall–Kier alpha value is -3.03. The molecule has 1 rings (SSSR count). The number of hydrogen-bond donors (Lipinski definition) is 8. The highest BCUT2D eigenvalue weighted by Gasteiger charge is 2.32. The molecule has 3 amide bonds. The highest BCUT2D eigenvalue weighted by molar-refractivity contribution is 5.94. The minimum Gasteiger partial charge on any atom is -0.480 e. The minimum atomic E-state index is -1.24. The van der Waals surface area contributed by atoms with E-state index in [2.05, 4.69) is 25.9 Å². The summed E-state index contributed by atoms with van der Waals surface area (Å²) in [6, 6.07) is -4.48. The van der Waals surface area contributed by atoms with Crippen molar-refractivity contribution >= 4 is 23.7 Å². The predicted octanol–water partition coefficient (Wildman–Crippen LogP) is -2.01. The van der Waals surface area contributed by atoms with Crippen LogP contribution in [0.25, 0.3) is 0 Å². The Morgan fingerprint density at radius 2 is 1.76 bits per heavy atom. The van der Waals surface area contributed by atoms with Crippen molar-refractivity contribution in [3.8, 4) is 0 Å². The summed E-state index contributed by atoms with van der Waals surface area (Å²) in [7, 11) is 0. The summed E-state index contributed by atoms with van der Waals surface area (Å²) in [5.74, 6) is -3.51. The largest absolute Gasteiger partial charge is 0.480 e. The second-order valence-corrected chi connectivity index (χ2v) is 8.19. The standard InChI is InChI=1S/C21H37N7O6/c1-3-12(2)17(28-18(30)14(23)10-29)20(32)26-15(6-4-5-7-22)19(31)27-16(21(33)34)8-13-9-24-11-25-13/h9,11-12,14-17,29H,3-8,10,22-23H2,1-2H3,(H,24,25)(H,26,32)(H,27,31)(H,28,30)(H,33,34). The molecular formula is C21H37N7O6. The van der Waals surface area contributed by atoms with Gasteiger partial charge in [-0.1, -0.05) is 20.3 Å². The second kappa shape index (κ2) is 15.0. The molecule has 0 saturated heterocycles. The topological polar surface area (TPSA) is 226 Å². The van der Waals surface area contributed by atoms with Crippen LogP contribution in [-0.4, -0.2) is 81.2 Å². The zero-order chi connectivity index (χ0) is 25.7. The molecule has 10 N–H and O–H groups in total. The molecule has 0 aliphatic rings. The van der Waals surface area contributed by atoms with E-state index in [4.69, 9.17) is 16.6 Å². The van der Waals surface area contributed by atoms with Gasteiger partial charge in [-0.05, 0) is 31.7 Å². The molecule has 13 heteroatoms. The van der Waals surface area contributed by atoms with Crippen molar-refractivity contribution in [2.75, 3.05) is 13.2 Å². The Bertz CT molecular complexity index is 789. The molecule has 5 unspecified atom stereocenters. The molecule has 0 aromatic carbocycles. The van der Waals surface area contributed by atoms with Gasteiger partial charge in [-0.2, -0.15) is 0 Å². The lowest BCUT2D eigenvalue weighted by molar-refractivity contribution is -0.142.